The van der Waals surface area contributed by atoms with Crippen molar-refractivity contribution in [3.8, 4) is 0 Å². The highest BCUT2D eigenvalue weighted by Crippen LogP contribution is 2.59. The quantitative estimate of drug-likeness (QED) is 0.430. The largest absolute Gasteiger partial charge is 0.460 e. The molecule has 2 nitrogen and oxygen atoms in total. The second-order valence-corrected chi connectivity index (χ2v) is 6.70. The molecule has 0 heterocycles. The van der Waals surface area contributed by atoms with Crippen LogP contribution in [0, 0.1) is 34.7 Å². The number of hydrogen-bond acceptors (Lipinski definition) is 2. The zero-order chi connectivity index (χ0) is 16.7. The van der Waals surface area contributed by atoms with E-state index in [-0.39, 0.29) is 27.3 Å². The highest BCUT2D eigenvalue weighted by atomic mass is 79.9. The average molecular weight is 377 g/mol. The third-order valence-corrected chi connectivity index (χ3v) is 4.98. The highest BCUT2D eigenvalue weighted by Gasteiger charge is 2.61. The van der Waals surface area contributed by atoms with Gasteiger partial charge in [0.15, 0.2) is 11.6 Å². The smallest absolute Gasteiger partial charge is 0.310 e. The summed E-state index contributed by atoms with van der Waals surface area (Å²) in [6.45, 7) is 5.21. The van der Waals surface area contributed by atoms with Gasteiger partial charge in [-0.1, -0.05) is 26.0 Å². The second-order valence-electron chi connectivity index (χ2n) is 5.91. The minimum atomic E-state index is -1.31. The Labute approximate surface area is 135 Å². The summed E-state index contributed by atoms with van der Waals surface area (Å²) in [7, 11) is 0. The molecular formula is C16H16BrF3O2. The van der Waals surface area contributed by atoms with Crippen LogP contribution in [0.4, 0.5) is 13.2 Å². The molecule has 1 aromatic carbocycles. The summed E-state index contributed by atoms with van der Waals surface area (Å²) in [4.78, 5) is 12.1. The standard InChI is InChI=1S/C16H16BrF3O2/c1-4-5-9-12(16(9,2)3)15(21)22-7-8-13(17)10(18)6-11(19)14(8)20/h4-6,9,12H,7H2,1-3H3. The van der Waals surface area contributed by atoms with Crippen molar-refractivity contribution in [2.75, 3.05) is 0 Å². The maximum absolute atomic E-state index is 13.7. The molecule has 0 bridgehead atoms. The van der Waals surface area contributed by atoms with Crippen molar-refractivity contribution in [2.24, 2.45) is 17.3 Å². The molecule has 2 atom stereocenters. The second kappa shape index (κ2) is 6.07. The first-order valence-corrected chi connectivity index (χ1v) is 7.62. The van der Waals surface area contributed by atoms with E-state index in [1.165, 1.54) is 0 Å². The zero-order valence-corrected chi connectivity index (χ0v) is 14.0. The summed E-state index contributed by atoms with van der Waals surface area (Å²) in [5.74, 6) is -4.24. The van der Waals surface area contributed by atoms with Gasteiger partial charge in [-0.05, 0) is 34.2 Å². The van der Waals surface area contributed by atoms with Gasteiger partial charge in [-0.3, -0.25) is 4.79 Å². The van der Waals surface area contributed by atoms with Crippen molar-refractivity contribution in [3.05, 3.63) is 45.7 Å². The van der Waals surface area contributed by atoms with E-state index in [0.29, 0.717) is 6.07 Å². The third kappa shape index (κ3) is 2.93. The minimum Gasteiger partial charge on any atom is -0.460 e. The van der Waals surface area contributed by atoms with Gasteiger partial charge in [0, 0.05) is 11.6 Å². The number of esters is 1. The van der Waals surface area contributed by atoms with Crippen LogP contribution in [0.15, 0.2) is 22.7 Å². The van der Waals surface area contributed by atoms with E-state index in [1.807, 2.05) is 32.9 Å². The summed E-state index contributed by atoms with van der Waals surface area (Å²) in [5.41, 5.74) is -0.570. The van der Waals surface area contributed by atoms with Gasteiger partial charge >= 0.3 is 5.97 Å². The molecule has 0 saturated heterocycles. The Kier molecular flexibility index (Phi) is 4.70. The van der Waals surface area contributed by atoms with E-state index in [2.05, 4.69) is 15.9 Å². The van der Waals surface area contributed by atoms with E-state index in [1.54, 1.807) is 0 Å². The predicted molar refractivity (Wildman–Crippen MR) is 79.4 cm³/mol. The summed E-state index contributed by atoms with van der Waals surface area (Å²) in [5, 5.41) is 0. The van der Waals surface area contributed by atoms with Crippen molar-refractivity contribution in [1.82, 2.24) is 0 Å². The van der Waals surface area contributed by atoms with Crippen LogP contribution in [0.5, 0.6) is 0 Å². The van der Waals surface area contributed by atoms with Gasteiger partial charge in [0.05, 0.1) is 10.4 Å². The molecule has 2 rings (SSSR count). The number of carbonyl (C=O) groups excluding carboxylic acids is 1. The highest BCUT2D eigenvalue weighted by molar-refractivity contribution is 9.10. The van der Waals surface area contributed by atoms with E-state index in [0.717, 1.165) is 0 Å². The molecule has 1 saturated carbocycles. The Bertz CT molecular complexity index is 615. The van der Waals surface area contributed by atoms with E-state index in [9.17, 15) is 18.0 Å². The molecular weight excluding hydrogens is 361 g/mol. The van der Waals surface area contributed by atoms with Crippen molar-refractivity contribution >= 4 is 21.9 Å². The van der Waals surface area contributed by atoms with Crippen LogP contribution in [-0.4, -0.2) is 5.97 Å². The molecule has 120 valence electrons. The molecule has 6 heteroatoms. The SMILES string of the molecule is CC=CC1C(C(=O)OCc2c(F)c(F)cc(F)c2Br)C1(C)C. The molecule has 0 spiro atoms. The maximum atomic E-state index is 13.7. The molecule has 1 aliphatic carbocycles. The lowest BCUT2D eigenvalue weighted by Crippen LogP contribution is -2.12. The van der Waals surface area contributed by atoms with Crippen LogP contribution < -0.4 is 0 Å². The first-order chi connectivity index (χ1) is 10.2. The number of halogens is 4. The van der Waals surface area contributed by atoms with Crippen LogP contribution >= 0.6 is 15.9 Å². The van der Waals surface area contributed by atoms with Crippen LogP contribution in [-0.2, 0) is 16.1 Å². The van der Waals surface area contributed by atoms with Gasteiger partial charge in [-0.15, -0.1) is 0 Å². The number of rotatable bonds is 4. The normalized spacial score (nSPS) is 22.9. The van der Waals surface area contributed by atoms with Gasteiger partial charge in [0.2, 0.25) is 0 Å². The fraction of sp³-hybridized carbons (Fsp3) is 0.438. The fourth-order valence-electron chi connectivity index (χ4n) is 2.68. The fourth-order valence-corrected chi connectivity index (χ4v) is 3.08. The zero-order valence-electron chi connectivity index (χ0n) is 12.4. The van der Waals surface area contributed by atoms with E-state index >= 15 is 0 Å². The van der Waals surface area contributed by atoms with Crippen molar-refractivity contribution in [1.29, 1.82) is 0 Å². The van der Waals surface area contributed by atoms with Gasteiger partial charge in [0.25, 0.3) is 0 Å². The Morgan fingerprint density at radius 3 is 2.59 bits per heavy atom. The Morgan fingerprint density at radius 1 is 1.36 bits per heavy atom. The molecule has 0 radical (unpaired) electrons. The summed E-state index contributed by atoms with van der Waals surface area (Å²) in [6, 6.07) is 0.441. The molecule has 0 N–H and O–H groups in total. The van der Waals surface area contributed by atoms with Crippen molar-refractivity contribution in [3.63, 3.8) is 0 Å². The van der Waals surface area contributed by atoms with Gasteiger partial charge in [-0.2, -0.15) is 0 Å². The molecule has 2 unspecified atom stereocenters. The number of hydrogen-bond donors (Lipinski definition) is 0. The molecule has 0 aromatic heterocycles. The van der Waals surface area contributed by atoms with Crippen LogP contribution in [0.25, 0.3) is 0 Å². The lowest BCUT2D eigenvalue weighted by atomic mass is 10.1. The topological polar surface area (TPSA) is 26.3 Å². The summed E-state index contributed by atoms with van der Waals surface area (Å²) >= 11 is 2.84. The maximum Gasteiger partial charge on any atom is 0.310 e. The molecule has 1 aliphatic rings. The monoisotopic (exact) mass is 376 g/mol. The number of allylic oxidation sites excluding steroid dienone is 2. The van der Waals surface area contributed by atoms with Gasteiger partial charge in [0.1, 0.15) is 12.4 Å². The number of ether oxygens (including phenoxy) is 1. The van der Waals surface area contributed by atoms with Crippen LogP contribution in [0.2, 0.25) is 0 Å². The van der Waals surface area contributed by atoms with Gasteiger partial charge < -0.3 is 4.74 Å². The van der Waals surface area contributed by atoms with E-state index in [4.69, 9.17) is 4.74 Å². The van der Waals surface area contributed by atoms with Gasteiger partial charge in [-0.25, -0.2) is 13.2 Å². The van der Waals surface area contributed by atoms with Crippen molar-refractivity contribution in [2.45, 2.75) is 27.4 Å². The predicted octanol–water partition coefficient (Wildman–Crippen LogP) is 4.76. The number of benzene rings is 1. The molecule has 0 aliphatic heterocycles. The minimum absolute atomic E-state index is 0.0579. The van der Waals surface area contributed by atoms with E-state index < -0.39 is 30.0 Å². The van der Waals surface area contributed by atoms with Crippen LogP contribution in [0.1, 0.15) is 26.3 Å². The third-order valence-electron chi connectivity index (χ3n) is 4.13. The molecule has 1 fully saturated rings. The van der Waals surface area contributed by atoms with Crippen molar-refractivity contribution < 1.29 is 22.7 Å². The lowest BCUT2D eigenvalue weighted by molar-refractivity contribution is -0.147. The molecule has 0 amide bonds. The Balaban J connectivity index is 2.10. The van der Waals surface area contributed by atoms with Crippen LogP contribution in [0.3, 0.4) is 0 Å². The Morgan fingerprint density at radius 2 is 2.00 bits per heavy atom. The molecule has 1 aromatic rings. The summed E-state index contributed by atoms with van der Waals surface area (Å²) < 4.78 is 45.1. The first-order valence-electron chi connectivity index (χ1n) is 6.83. The first kappa shape index (κ1) is 17.1. The molecule has 22 heavy (non-hydrogen) atoms. The number of carbonyl (C=O) groups is 1. The Hall–Kier alpha value is -1.30. The lowest BCUT2D eigenvalue weighted by Gasteiger charge is -2.10. The summed E-state index contributed by atoms with van der Waals surface area (Å²) in [6.07, 6.45) is 3.78. The average Bonchev–Trinajstić information content (AvgIpc) is 2.98.